The molecule has 0 saturated heterocycles. The van der Waals surface area contributed by atoms with Gasteiger partial charge in [0.05, 0.1) is 18.8 Å². The third-order valence-corrected chi connectivity index (χ3v) is 3.78. The smallest absolute Gasteiger partial charge is 0.258 e. The number of nitrogens with one attached hydrogen (secondary N) is 1. The maximum atomic E-state index is 8.78. The molecule has 2 aromatic heterocycles. The molecule has 0 bridgehead atoms. The van der Waals surface area contributed by atoms with Gasteiger partial charge in [-0.1, -0.05) is 6.08 Å². The fourth-order valence-electron chi connectivity index (χ4n) is 2.64. The zero-order valence-corrected chi connectivity index (χ0v) is 12.0. The molecule has 2 heterocycles. The van der Waals surface area contributed by atoms with Crippen LogP contribution < -0.4 is 4.74 Å². The second-order valence-corrected chi connectivity index (χ2v) is 5.26. The minimum Gasteiger partial charge on any atom is -0.473 e. The zero-order chi connectivity index (χ0) is 15.4. The first kappa shape index (κ1) is 14.1. The van der Waals surface area contributed by atoms with Gasteiger partial charge in [0.2, 0.25) is 5.88 Å². The summed E-state index contributed by atoms with van der Waals surface area (Å²) in [6.07, 6.45) is 10.3. The highest BCUT2D eigenvalue weighted by atomic mass is 16.5. The number of ether oxygens (including phenoxy) is 1. The summed E-state index contributed by atoms with van der Waals surface area (Å²) in [6, 6.07) is 1.86. The number of aromatic amines is 1. The molecule has 0 radical (unpaired) electrons. The molecule has 1 aliphatic carbocycles. The first-order valence-electron chi connectivity index (χ1n) is 7.27. The Morgan fingerprint density at radius 2 is 2.36 bits per heavy atom. The lowest BCUT2D eigenvalue weighted by Crippen LogP contribution is -2.12. The lowest BCUT2D eigenvalue weighted by molar-refractivity contribution is 0.201. The third-order valence-electron chi connectivity index (χ3n) is 3.78. The monoisotopic (exact) mass is 293 g/mol. The van der Waals surface area contributed by atoms with Crippen LogP contribution in [0.4, 0.5) is 0 Å². The Bertz CT molecular complexity index is 771. The van der Waals surface area contributed by atoms with Crippen LogP contribution in [0.15, 0.2) is 24.2 Å². The van der Waals surface area contributed by atoms with Crippen molar-refractivity contribution in [2.75, 3.05) is 0 Å². The van der Waals surface area contributed by atoms with Gasteiger partial charge >= 0.3 is 0 Å². The van der Waals surface area contributed by atoms with Crippen molar-refractivity contribution in [1.82, 2.24) is 15.0 Å². The normalized spacial score (nSPS) is 15.6. The van der Waals surface area contributed by atoms with Crippen molar-refractivity contribution in [3.63, 3.8) is 0 Å². The molecule has 1 fully saturated rings. The maximum absolute atomic E-state index is 8.78. The quantitative estimate of drug-likeness (QED) is 0.693. The summed E-state index contributed by atoms with van der Waals surface area (Å²) < 4.78 is 5.87. The van der Waals surface area contributed by atoms with Crippen molar-refractivity contribution in [1.29, 1.82) is 5.26 Å². The summed E-state index contributed by atoms with van der Waals surface area (Å²) in [6.45, 7) is 6.89. The molecule has 1 N–H and O–H groups in total. The molecule has 0 aromatic carbocycles. The third kappa shape index (κ3) is 2.91. The summed E-state index contributed by atoms with van der Waals surface area (Å²) in [5, 5.41) is 8.78. The van der Waals surface area contributed by atoms with Crippen molar-refractivity contribution in [2.24, 2.45) is 0 Å². The van der Waals surface area contributed by atoms with E-state index < -0.39 is 0 Å². The van der Waals surface area contributed by atoms with Gasteiger partial charge in [0.15, 0.2) is 5.65 Å². The average Bonchev–Trinajstić information content (AvgIpc) is 3.18. The first-order valence-corrected chi connectivity index (χ1v) is 7.27. The van der Waals surface area contributed by atoms with Crippen LogP contribution in [0, 0.1) is 17.9 Å². The van der Waals surface area contributed by atoms with E-state index in [1.807, 2.05) is 6.07 Å². The minimum atomic E-state index is 0.0840. The summed E-state index contributed by atoms with van der Waals surface area (Å²) in [4.78, 5) is 15.0. The van der Waals surface area contributed by atoms with Gasteiger partial charge in [-0.25, -0.2) is 20.1 Å². The van der Waals surface area contributed by atoms with E-state index >= 15 is 0 Å². The van der Waals surface area contributed by atoms with Crippen LogP contribution >= 0.6 is 0 Å². The van der Waals surface area contributed by atoms with Crippen LogP contribution in [-0.2, 0) is 6.42 Å². The van der Waals surface area contributed by atoms with Crippen LogP contribution in [0.25, 0.3) is 16.0 Å². The maximum Gasteiger partial charge on any atom is 0.258 e. The van der Waals surface area contributed by atoms with E-state index in [9.17, 15) is 0 Å². The van der Waals surface area contributed by atoms with E-state index in [1.165, 1.54) is 12.8 Å². The lowest BCUT2D eigenvalue weighted by atomic mass is 10.2. The van der Waals surface area contributed by atoms with E-state index in [0.29, 0.717) is 17.9 Å². The van der Waals surface area contributed by atoms with Gasteiger partial charge in [-0.05, 0) is 32.1 Å². The summed E-state index contributed by atoms with van der Waals surface area (Å²) in [7, 11) is 0. The van der Waals surface area contributed by atoms with Gasteiger partial charge in [0, 0.05) is 11.8 Å². The highest BCUT2D eigenvalue weighted by molar-refractivity contribution is 5.75. The molecule has 22 heavy (non-hydrogen) atoms. The van der Waals surface area contributed by atoms with Gasteiger partial charge in [0.25, 0.3) is 5.70 Å². The largest absolute Gasteiger partial charge is 0.473 e. The molecule has 6 heteroatoms. The molecule has 0 spiro atoms. The van der Waals surface area contributed by atoms with E-state index in [-0.39, 0.29) is 11.8 Å². The Hall–Kier alpha value is -2.86. The first-order chi connectivity index (χ1) is 10.8. The predicted molar refractivity (Wildman–Crippen MR) is 80.8 cm³/mol. The topological polar surface area (TPSA) is 79.0 Å². The zero-order valence-electron chi connectivity index (χ0n) is 12.0. The number of nitriles is 1. The summed E-state index contributed by atoms with van der Waals surface area (Å²) in [5.41, 5.74) is 2.40. The molecule has 0 aliphatic heterocycles. The molecule has 110 valence electrons. The van der Waals surface area contributed by atoms with Crippen molar-refractivity contribution < 1.29 is 4.74 Å². The van der Waals surface area contributed by atoms with Crippen molar-refractivity contribution in [2.45, 2.75) is 38.2 Å². The number of aromatic nitrogens is 3. The second kappa shape index (κ2) is 6.28. The molecular formula is C16H15N5O. The van der Waals surface area contributed by atoms with E-state index in [0.717, 1.165) is 23.9 Å². The number of fused-ring (bicyclic) bond motifs is 1. The number of allylic oxidation sites excluding steroid dienone is 2. The van der Waals surface area contributed by atoms with Crippen molar-refractivity contribution >= 4 is 11.2 Å². The number of nitrogens with zero attached hydrogens (tertiary/aromatic N) is 4. The van der Waals surface area contributed by atoms with Crippen molar-refractivity contribution in [3.8, 4) is 11.9 Å². The number of hydrogen-bond donors (Lipinski definition) is 1. The fraction of sp³-hybridized carbons (Fsp3) is 0.375. The van der Waals surface area contributed by atoms with Crippen molar-refractivity contribution in [3.05, 3.63) is 41.1 Å². The Balaban J connectivity index is 1.84. The van der Waals surface area contributed by atoms with Crippen LogP contribution in [0.1, 0.15) is 31.2 Å². The molecule has 0 atom stereocenters. The van der Waals surface area contributed by atoms with Gasteiger partial charge in [-0.3, -0.25) is 0 Å². The summed E-state index contributed by atoms with van der Waals surface area (Å²) in [5.74, 6) is 0.537. The number of H-pyrrole nitrogens is 1. The molecular weight excluding hydrogens is 278 g/mol. The fourth-order valence-corrected chi connectivity index (χ4v) is 2.64. The Labute approximate surface area is 128 Å². The average molecular weight is 293 g/mol. The highest BCUT2D eigenvalue weighted by Crippen LogP contribution is 2.24. The number of hydrogen-bond acceptors (Lipinski definition) is 4. The van der Waals surface area contributed by atoms with Gasteiger partial charge < -0.3 is 9.72 Å². The van der Waals surface area contributed by atoms with Gasteiger partial charge in [-0.2, -0.15) is 0 Å². The molecule has 6 nitrogen and oxygen atoms in total. The second-order valence-electron chi connectivity index (χ2n) is 5.26. The molecule has 0 unspecified atom stereocenters. The Kier molecular flexibility index (Phi) is 4.02. The molecule has 1 aliphatic rings. The van der Waals surface area contributed by atoms with E-state index in [2.05, 4.69) is 19.8 Å². The van der Waals surface area contributed by atoms with Gasteiger partial charge in [0.1, 0.15) is 11.6 Å². The SMILES string of the molecule is [C-]#[N+]/C(C#N)=C\Cc1c[nH]c2ncc(OC3CCCC3)nc12. The molecule has 3 rings (SSSR count). The van der Waals surface area contributed by atoms with Crippen LogP contribution in [0.3, 0.4) is 0 Å². The standard InChI is InChI=1S/C16H15N5O/c1-18-12(8-17)7-6-11-9-19-16-15(11)21-14(10-20-16)22-13-4-2-3-5-13/h7,9-10,13H,2-6H2,(H,19,20)/b12-7-. The Morgan fingerprint density at radius 3 is 3.09 bits per heavy atom. The van der Waals surface area contributed by atoms with Crippen LogP contribution in [0.5, 0.6) is 5.88 Å². The minimum absolute atomic E-state index is 0.0840. The van der Waals surface area contributed by atoms with Crippen LogP contribution in [-0.4, -0.2) is 21.1 Å². The molecule has 2 aromatic rings. The highest BCUT2D eigenvalue weighted by Gasteiger charge is 2.18. The van der Waals surface area contributed by atoms with E-state index in [4.69, 9.17) is 16.6 Å². The predicted octanol–water partition coefficient (Wildman–Crippen LogP) is 3.15. The van der Waals surface area contributed by atoms with Gasteiger partial charge in [-0.15, -0.1) is 0 Å². The molecule has 0 amide bonds. The Morgan fingerprint density at radius 1 is 1.55 bits per heavy atom. The van der Waals surface area contributed by atoms with Crippen LogP contribution in [0.2, 0.25) is 0 Å². The van der Waals surface area contributed by atoms with E-state index in [1.54, 1.807) is 18.5 Å². The summed E-state index contributed by atoms with van der Waals surface area (Å²) >= 11 is 0. The number of rotatable bonds is 4. The molecule has 1 saturated carbocycles. The lowest BCUT2D eigenvalue weighted by Gasteiger charge is -2.11.